The van der Waals surface area contributed by atoms with Gasteiger partial charge in [-0.1, -0.05) is 0 Å². The van der Waals surface area contributed by atoms with Gasteiger partial charge in [-0.05, 0) is 13.8 Å². The average Bonchev–Trinajstić information content (AvgIpc) is 2.95. The van der Waals surface area contributed by atoms with Crippen molar-refractivity contribution in [2.45, 2.75) is 45.2 Å². The Bertz CT molecular complexity index is 936. The lowest BCUT2D eigenvalue weighted by Crippen LogP contribution is -3.14. The minimum atomic E-state index is -1.03. The summed E-state index contributed by atoms with van der Waals surface area (Å²) in [5.41, 5.74) is -0.365. The molecule has 3 N–H and O–H groups in total. The lowest BCUT2D eigenvalue weighted by molar-refractivity contribution is -0.929. The van der Waals surface area contributed by atoms with Crippen LogP contribution < -0.4 is 16.1 Å². The van der Waals surface area contributed by atoms with E-state index in [4.69, 9.17) is 4.74 Å². The molecule has 0 saturated carbocycles. The van der Waals surface area contributed by atoms with Gasteiger partial charge in [0.25, 0.3) is 5.56 Å². The van der Waals surface area contributed by atoms with Crippen LogP contribution in [0, 0.1) is 0 Å². The normalized spacial score (nSPS) is 24.4. The number of hydrogen-bond acceptors (Lipinski definition) is 6. The zero-order valence-electron chi connectivity index (χ0n) is 16.2. The number of nitrogens with zero attached hydrogens (tertiary/aromatic N) is 4. The number of imidazole rings is 1. The fourth-order valence-corrected chi connectivity index (χ4v) is 3.85. The fraction of sp³-hybridized carbons (Fsp3) is 0.706. The Balaban J connectivity index is 2.12. The summed E-state index contributed by atoms with van der Waals surface area (Å²) in [6.45, 7) is 5.78. The number of aromatic nitrogens is 4. The number of morpholine rings is 1. The number of quaternary nitrogens is 1. The third-order valence-corrected chi connectivity index (χ3v) is 5.06. The van der Waals surface area contributed by atoms with Gasteiger partial charge in [0.05, 0.1) is 19.3 Å². The molecule has 0 spiro atoms. The van der Waals surface area contributed by atoms with Crippen LogP contribution >= 0.6 is 0 Å². The topological polar surface area (TPSA) is 116 Å². The lowest BCUT2D eigenvalue weighted by atomic mass is 10.2. The molecular formula is C17H28N5O5+. The Morgan fingerprint density at radius 1 is 1.22 bits per heavy atom. The summed E-state index contributed by atoms with van der Waals surface area (Å²) in [5.74, 6) is 0.604. The zero-order valence-corrected chi connectivity index (χ0v) is 16.2. The maximum absolute atomic E-state index is 12.7. The molecule has 0 aliphatic carbocycles. The van der Waals surface area contributed by atoms with E-state index in [1.807, 2.05) is 13.8 Å². The van der Waals surface area contributed by atoms with Crippen molar-refractivity contribution in [2.75, 3.05) is 19.7 Å². The molecule has 0 amide bonds. The molecule has 10 nitrogen and oxygen atoms in total. The summed E-state index contributed by atoms with van der Waals surface area (Å²) in [7, 11) is 2.99. The highest BCUT2D eigenvalue weighted by atomic mass is 16.5. The van der Waals surface area contributed by atoms with E-state index in [9.17, 15) is 19.8 Å². The number of nitrogens with one attached hydrogen (secondary N) is 1. The highest BCUT2D eigenvalue weighted by molar-refractivity contribution is 5.71. The van der Waals surface area contributed by atoms with Gasteiger partial charge >= 0.3 is 5.69 Å². The average molecular weight is 382 g/mol. The van der Waals surface area contributed by atoms with E-state index in [0.29, 0.717) is 12.4 Å². The van der Waals surface area contributed by atoms with E-state index in [2.05, 4.69) is 4.98 Å². The van der Waals surface area contributed by atoms with E-state index in [-0.39, 0.29) is 29.9 Å². The molecule has 0 bridgehead atoms. The summed E-state index contributed by atoms with van der Waals surface area (Å²) < 4.78 is 9.77. The minimum Gasteiger partial charge on any atom is -0.394 e. The van der Waals surface area contributed by atoms with Crippen LogP contribution in [0.15, 0.2) is 9.59 Å². The van der Waals surface area contributed by atoms with Crippen molar-refractivity contribution in [1.29, 1.82) is 0 Å². The van der Waals surface area contributed by atoms with E-state index in [0.717, 1.165) is 17.7 Å². The van der Waals surface area contributed by atoms with Gasteiger partial charge in [-0.3, -0.25) is 13.9 Å². The molecule has 1 saturated heterocycles. The quantitative estimate of drug-likeness (QED) is 0.507. The van der Waals surface area contributed by atoms with Gasteiger partial charge in [0.15, 0.2) is 17.0 Å². The number of rotatable bonds is 5. The first-order chi connectivity index (χ1) is 12.7. The maximum atomic E-state index is 12.7. The summed E-state index contributed by atoms with van der Waals surface area (Å²) >= 11 is 0. The van der Waals surface area contributed by atoms with Crippen LogP contribution in [0.2, 0.25) is 0 Å². The third-order valence-electron chi connectivity index (χ3n) is 5.06. The fourth-order valence-electron chi connectivity index (χ4n) is 3.85. The highest BCUT2D eigenvalue weighted by Crippen LogP contribution is 2.12. The maximum Gasteiger partial charge on any atom is 0.332 e. The van der Waals surface area contributed by atoms with Crippen LogP contribution in [0.4, 0.5) is 0 Å². The SMILES string of the molecule is C[C@@H]1C[NH+](Cc2nc3c(c(=O)n(C)c(=O)n3C)n2C[C@H](O)CO)C[C@@H](C)O1. The molecule has 27 heavy (non-hydrogen) atoms. The Hall–Kier alpha value is -2.01. The first-order valence-electron chi connectivity index (χ1n) is 9.16. The molecule has 0 radical (unpaired) electrons. The lowest BCUT2D eigenvalue weighted by Gasteiger charge is -2.32. The predicted molar refractivity (Wildman–Crippen MR) is 97.7 cm³/mol. The van der Waals surface area contributed by atoms with E-state index in [1.165, 1.54) is 16.5 Å². The third kappa shape index (κ3) is 3.70. The van der Waals surface area contributed by atoms with Crippen LogP contribution in [-0.4, -0.2) is 66.9 Å². The van der Waals surface area contributed by atoms with Gasteiger partial charge in [0, 0.05) is 14.1 Å². The molecule has 1 fully saturated rings. The second-order valence-electron chi connectivity index (χ2n) is 7.45. The van der Waals surface area contributed by atoms with Crippen LogP contribution in [0.5, 0.6) is 0 Å². The van der Waals surface area contributed by atoms with Crippen molar-refractivity contribution in [2.24, 2.45) is 14.1 Å². The molecule has 0 unspecified atom stereocenters. The summed E-state index contributed by atoms with van der Waals surface area (Å²) in [4.78, 5) is 30.8. The molecule has 1 aliphatic rings. The Kier molecular flexibility index (Phi) is 5.52. The van der Waals surface area contributed by atoms with Crippen LogP contribution in [0.3, 0.4) is 0 Å². The van der Waals surface area contributed by atoms with Gasteiger partial charge in [-0.15, -0.1) is 0 Å². The van der Waals surface area contributed by atoms with Crippen molar-refractivity contribution < 1.29 is 19.8 Å². The predicted octanol–water partition coefficient (Wildman–Crippen LogP) is -3.02. The molecular weight excluding hydrogens is 354 g/mol. The number of ether oxygens (including phenoxy) is 1. The van der Waals surface area contributed by atoms with Crippen LogP contribution in [0.25, 0.3) is 11.2 Å². The van der Waals surface area contributed by atoms with Crippen molar-refractivity contribution in [1.82, 2.24) is 18.7 Å². The van der Waals surface area contributed by atoms with E-state index >= 15 is 0 Å². The second kappa shape index (κ2) is 7.55. The number of aryl methyl sites for hydroxylation is 1. The first-order valence-corrected chi connectivity index (χ1v) is 9.16. The Labute approximate surface area is 156 Å². The molecule has 3 heterocycles. The zero-order chi connectivity index (χ0) is 19.9. The molecule has 10 heteroatoms. The van der Waals surface area contributed by atoms with Crippen LogP contribution in [0.1, 0.15) is 19.7 Å². The molecule has 1 aliphatic heterocycles. The van der Waals surface area contributed by atoms with Gasteiger partial charge in [0.1, 0.15) is 31.8 Å². The molecule has 3 rings (SSSR count). The number of aliphatic hydroxyl groups excluding tert-OH is 2. The number of aliphatic hydroxyl groups is 2. The van der Waals surface area contributed by atoms with Crippen molar-refractivity contribution in [3.8, 4) is 0 Å². The smallest absolute Gasteiger partial charge is 0.332 e. The highest BCUT2D eigenvalue weighted by Gasteiger charge is 2.29. The first kappa shape index (κ1) is 19.7. The Morgan fingerprint density at radius 3 is 2.44 bits per heavy atom. The molecule has 2 aromatic rings. The molecule has 150 valence electrons. The van der Waals surface area contributed by atoms with Gasteiger partial charge in [-0.2, -0.15) is 0 Å². The molecule has 2 aromatic heterocycles. The van der Waals surface area contributed by atoms with Crippen molar-refractivity contribution in [3.63, 3.8) is 0 Å². The molecule has 0 aromatic carbocycles. The Morgan fingerprint density at radius 2 is 1.85 bits per heavy atom. The standard InChI is InChI=1S/C17H27N5O5/c1-10-5-21(6-11(2)27-10)8-13-18-15-14(22(13)7-12(24)9-23)16(25)20(4)17(26)19(15)3/h10-12,23-24H,5-9H2,1-4H3/p+1/t10-,11-,12+/m1/s1. The van der Waals surface area contributed by atoms with Crippen LogP contribution in [-0.2, 0) is 31.9 Å². The summed E-state index contributed by atoms with van der Waals surface area (Å²) in [6, 6.07) is 0. The summed E-state index contributed by atoms with van der Waals surface area (Å²) in [6.07, 6.45) is -0.802. The summed E-state index contributed by atoms with van der Waals surface area (Å²) in [5, 5.41) is 19.3. The van der Waals surface area contributed by atoms with Gasteiger partial charge in [-0.25, -0.2) is 9.78 Å². The number of hydrogen-bond donors (Lipinski definition) is 3. The monoisotopic (exact) mass is 382 g/mol. The van der Waals surface area contributed by atoms with E-state index in [1.54, 1.807) is 11.6 Å². The minimum absolute atomic E-state index is 0.0324. The second-order valence-corrected chi connectivity index (χ2v) is 7.45. The van der Waals surface area contributed by atoms with Crippen molar-refractivity contribution in [3.05, 3.63) is 26.7 Å². The van der Waals surface area contributed by atoms with Crippen molar-refractivity contribution >= 4 is 11.2 Å². The van der Waals surface area contributed by atoms with Gasteiger partial charge in [0.2, 0.25) is 0 Å². The van der Waals surface area contributed by atoms with E-state index < -0.39 is 24.0 Å². The largest absolute Gasteiger partial charge is 0.394 e. The number of fused-ring (bicyclic) bond motifs is 1. The van der Waals surface area contributed by atoms with Gasteiger partial charge < -0.3 is 24.4 Å². The molecule has 3 atom stereocenters.